The van der Waals surface area contributed by atoms with Crippen LogP contribution in [0.3, 0.4) is 0 Å². The van der Waals surface area contributed by atoms with Gasteiger partial charge in [0.05, 0.1) is 18.1 Å². The van der Waals surface area contributed by atoms with Crippen LogP contribution in [-0.2, 0) is 14.3 Å². The highest BCUT2D eigenvalue weighted by Crippen LogP contribution is 2.43. The van der Waals surface area contributed by atoms with Gasteiger partial charge in [-0.1, -0.05) is 0 Å². The van der Waals surface area contributed by atoms with E-state index in [9.17, 15) is 24.9 Å². The molecule has 1 saturated heterocycles. The van der Waals surface area contributed by atoms with E-state index in [0.29, 0.717) is 12.8 Å². The number of ether oxygens (including phenoxy) is 1. The number of ketones is 2. The Morgan fingerprint density at radius 3 is 2.11 bits per heavy atom. The molecule has 3 rings (SSSR count). The third kappa shape index (κ3) is 1.72. The maximum Gasteiger partial charge on any atom is 0.174 e. The topological polar surface area (TPSA) is 107 Å². The summed E-state index contributed by atoms with van der Waals surface area (Å²) in [6, 6.07) is 0. The van der Waals surface area contributed by atoms with Crippen LogP contribution in [0.25, 0.3) is 0 Å². The second-order valence-corrected chi connectivity index (χ2v) is 5.45. The molecule has 0 bridgehead atoms. The number of hydrogen-bond acceptors (Lipinski definition) is 6. The molecular weight excluding hydrogens is 240 g/mol. The quantitative estimate of drug-likeness (QED) is 0.385. The third-order valence-electron chi connectivity index (χ3n) is 4.36. The third-order valence-corrected chi connectivity index (χ3v) is 4.36. The molecule has 7 atom stereocenters. The molecule has 2 saturated carbocycles. The second kappa shape index (κ2) is 4.09. The molecule has 2 aliphatic carbocycles. The summed E-state index contributed by atoms with van der Waals surface area (Å²) in [7, 11) is 0. The van der Waals surface area contributed by atoms with E-state index in [1.54, 1.807) is 0 Å². The fourth-order valence-corrected chi connectivity index (χ4v) is 3.22. The summed E-state index contributed by atoms with van der Waals surface area (Å²) in [5.74, 6) is -2.52. The van der Waals surface area contributed by atoms with Gasteiger partial charge in [0, 0.05) is 0 Å². The molecule has 0 aromatic heterocycles. The van der Waals surface area contributed by atoms with Crippen LogP contribution in [-0.4, -0.2) is 57.4 Å². The highest BCUT2D eigenvalue weighted by molar-refractivity contribution is 6.09. The SMILES string of the molecule is O=C1C(C2CCC3OC3C2)C(=O)[C@H](O)C(O)[C@@H]1O. The number of Topliss-reactive ketones (excluding diaryl/α,β-unsaturated/α-hetero) is 2. The lowest BCUT2D eigenvalue weighted by atomic mass is 9.69. The van der Waals surface area contributed by atoms with Gasteiger partial charge in [-0.25, -0.2) is 0 Å². The van der Waals surface area contributed by atoms with Gasteiger partial charge in [0.2, 0.25) is 0 Å². The van der Waals surface area contributed by atoms with Gasteiger partial charge in [0.15, 0.2) is 11.6 Å². The van der Waals surface area contributed by atoms with Crippen molar-refractivity contribution < 1.29 is 29.6 Å². The minimum Gasteiger partial charge on any atom is -0.387 e. The van der Waals surface area contributed by atoms with Crippen molar-refractivity contribution in [2.45, 2.75) is 49.8 Å². The number of carbonyl (C=O) groups is 2. The van der Waals surface area contributed by atoms with Crippen molar-refractivity contribution in [3.05, 3.63) is 0 Å². The Kier molecular flexibility index (Phi) is 2.78. The predicted molar refractivity (Wildman–Crippen MR) is 57.5 cm³/mol. The number of rotatable bonds is 1. The van der Waals surface area contributed by atoms with E-state index in [0.717, 1.165) is 6.42 Å². The molecule has 1 aliphatic heterocycles. The molecule has 0 radical (unpaired) electrons. The number of aliphatic hydroxyl groups is 3. The minimum atomic E-state index is -1.70. The van der Waals surface area contributed by atoms with Crippen LogP contribution in [0.15, 0.2) is 0 Å². The van der Waals surface area contributed by atoms with Gasteiger partial charge >= 0.3 is 0 Å². The summed E-state index contributed by atoms with van der Waals surface area (Å²) in [4.78, 5) is 23.9. The summed E-state index contributed by atoms with van der Waals surface area (Å²) < 4.78 is 5.35. The molecule has 0 amide bonds. The monoisotopic (exact) mass is 256 g/mol. The van der Waals surface area contributed by atoms with Crippen molar-refractivity contribution in [1.29, 1.82) is 0 Å². The summed E-state index contributed by atoms with van der Waals surface area (Å²) in [6.45, 7) is 0. The Morgan fingerprint density at radius 2 is 1.56 bits per heavy atom. The molecule has 3 fully saturated rings. The smallest absolute Gasteiger partial charge is 0.174 e. The Bertz CT molecular complexity index is 372. The molecule has 5 unspecified atom stereocenters. The van der Waals surface area contributed by atoms with Gasteiger partial charge in [-0.05, 0) is 25.2 Å². The fourth-order valence-electron chi connectivity index (χ4n) is 3.22. The van der Waals surface area contributed by atoms with Crippen LogP contribution in [0.1, 0.15) is 19.3 Å². The zero-order chi connectivity index (χ0) is 13.0. The van der Waals surface area contributed by atoms with E-state index in [1.165, 1.54) is 0 Å². The molecule has 6 heteroatoms. The Labute approximate surface area is 104 Å². The van der Waals surface area contributed by atoms with Crippen LogP contribution in [0.4, 0.5) is 0 Å². The summed E-state index contributed by atoms with van der Waals surface area (Å²) in [5.41, 5.74) is 0. The van der Waals surface area contributed by atoms with Crippen LogP contribution in [0.5, 0.6) is 0 Å². The van der Waals surface area contributed by atoms with Crippen LogP contribution >= 0.6 is 0 Å². The summed E-state index contributed by atoms with van der Waals surface area (Å²) in [5, 5.41) is 28.5. The summed E-state index contributed by atoms with van der Waals surface area (Å²) in [6.07, 6.45) is -2.56. The molecule has 3 N–H and O–H groups in total. The van der Waals surface area contributed by atoms with Gasteiger partial charge < -0.3 is 20.1 Å². The molecule has 100 valence electrons. The molecule has 0 spiro atoms. The van der Waals surface area contributed by atoms with Crippen LogP contribution in [0.2, 0.25) is 0 Å². The number of epoxide rings is 1. The largest absolute Gasteiger partial charge is 0.387 e. The molecule has 6 nitrogen and oxygen atoms in total. The highest BCUT2D eigenvalue weighted by Gasteiger charge is 2.54. The van der Waals surface area contributed by atoms with Gasteiger partial charge in [-0.15, -0.1) is 0 Å². The van der Waals surface area contributed by atoms with E-state index >= 15 is 0 Å². The normalized spacial score (nSPS) is 52.1. The fraction of sp³-hybridized carbons (Fsp3) is 0.833. The first-order valence-corrected chi connectivity index (χ1v) is 6.28. The molecular formula is C12H16O6. The second-order valence-electron chi connectivity index (χ2n) is 5.45. The van der Waals surface area contributed by atoms with Gasteiger partial charge in [-0.2, -0.15) is 0 Å². The number of carbonyl (C=O) groups excluding carboxylic acids is 2. The summed E-state index contributed by atoms with van der Waals surface area (Å²) >= 11 is 0. The van der Waals surface area contributed by atoms with Crippen LogP contribution < -0.4 is 0 Å². The first kappa shape index (κ1) is 12.2. The van der Waals surface area contributed by atoms with E-state index in [1.807, 2.05) is 0 Å². The van der Waals surface area contributed by atoms with E-state index in [-0.39, 0.29) is 18.1 Å². The maximum atomic E-state index is 11.9. The first-order chi connectivity index (χ1) is 8.50. The van der Waals surface area contributed by atoms with E-state index < -0.39 is 35.8 Å². The van der Waals surface area contributed by atoms with E-state index in [2.05, 4.69) is 0 Å². The average Bonchev–Trinajstić information content (AvgIpc) is 3.13. The number of hydrogen-bond donors (Lipinski definition) is 3. The molecule has 0 aromatic carbocycles. The van der Waals surface area contributed by atoms with Crippen molar-refractivity contribution in [3.63, 3.8) is 0 Å². The zero-order valence-corrected chi connectivity index (χ0v) is 9.73. The number of fused-ring (bicyclic) bond motifs is 1. The van der Waals surface area contributed by atoms with Gasteiger partial charge in [0.1, 0.15) is 18.3 Å². The lowest BCUT2D eigenvalue weighted by Gasteiger charge is -2.36. The first-order valence-electron chi connectivity index (χ1n) is 6.28. The van der Waals surface area contributed by atoms with Crippen molar-refractivity contribution in [1.82, 2.24) is 0 Å². The van der Waals surface area contributed by atoms with Crippen molar-refractivity contribution in [2.75, 3.05) is 0 Å². The van der Waals surface area contributed by atoms with Crippen molar-refractivity contribution >= 4 is 11.6 Å². The molecule has 3 aliphatic rings. The predicted octanol–water partition coefficient (Wildman–Crippen LogP) is -1.60. The van der Waals surface area contributed by atoms with Crippen LogP contribution in [0, 0.1) is 11.8 Å². The average molecular weight is 256 g/mol. The lowest BCUT2D eigenvalue weighted by molar-refractivity contribution is -0.167. The lowest BCUT2D eigenvalue weighted by Crippen LogP contribution is -2.58. The zero-order valence-electron chi connectivity index (χ0n) is 9.73. The van der Waals surface area contributed by atoms with Gasteiger partial charge in [0.25, 0.3) is 0 Å². The molecule has 1 heterocycles. The highest BCUT2D eigenvalue weighted by atomic mass is 16.6. The van der Waals surface area contributed by atoms with Crippen molar-refractivity contribution in [3.8, 4) is 0 Å². The Morgan fingerprint density at radius 1 is 0.944 bits per heavy atom. The standard InChI is InChI=1S/C12H16O6/c13-8-7(4-1-2-5-6(3-4)18-5)9(14)11(16)12(17)10(8)15/h4-7,10-12,15-17H,1-3H2/t4?,5?,6?,7?,10-,11+,12?. The minimum absolute atomic E-state index is 0.116. The Hall–Kier alpha value is -0.820. The number of aliphatic hydroxyl groups excluding tert-OH is 3. The van der Waals surface area contributed by atoms with E-state index in [4.69, 9.17) is 4.74 Å². The van der Waals surface area contributed by atoms with Gasteiger partial charge in [-0.3, -0.25) is 9.59 Å². The Balaban J connectivity index is 1.80. The molecule has 18 heavy (non-hydrogen) atoms. The maximum absolute atomic E-state index is 11.9. The van der Waals surface area contributed by atoms with Crippen molar-refractivity contribution in [2.24, 2.45) is 11.8 Å². The molecule has 0 aromatic rings.